The molecular weight excluding hydrogens is 276 g/mol. The van der Waals surface area contributed by atoms with Crippen molar-refractivity contribution in [1.82, 2.24) is 4.31 Å². The molecule has 6 heteroatoms. The zero-order chi connectivity index (χ0) is 15.2. The summed E-state index contributed by atoms with van der Waals surface area (Å²) in [6.07, 6.45) is 2.31. The second kappa shape index (κ2) is 7.61. The molecule has 0 saturated carbocycles. The van der Waals surface area contributed by atoms with Crippen LogP contribution in [0.1, 0.15) is 25.3 Å². The van der Waals surface area contributed by atoms with Gasteiger partial charge < -0.3 is 10.5 Å². The average molecular weight is 300 g/mol. The number of rotatable bonds is 8. The number of hydrogen-bond acceptors (Lipinski definition) is 4. The number of nitrogens with two attached hydrogens (primary N) is 1. The largest absolute Gasteiger partial charge is 0.497 e. The fourth-order valence-corrected chi connectivity index (χ4v) is 3.39. The van der Waals surface area contributed by atoms with Gasteiger partial charge in [0.2, 0.25) is 10.0 Å². The number of sulfonamides is 1. The van der Waals surface area contributed by atoms with Gasteiger partial charge in [-0.25, -0.2) is 12.7 Å². The molecule has 0 saturated heterocycles. The van der Waals surface area contributed by atoms with Crippen molar-refractivity contribution in [3.05, 3.63) is 23.8 Å². The van der Waals surface area contributed by atoms with E-state index in [9.17, 15) is 8.42 Å². The van der Waals surface area contributed by atoms with Crippen LogP contribution in [0.2, 0.25) is 0 Å². The first kappa shape index (κ1) is 16.9. The van der Waals surface area contributed by atoms with Gasteiger partial charge in [0.1, 0.15) is 5.75 Å². The Balaban J connectivity index is 3.16. The second-order valence-corrected chi connectivity index (χ2v) is 6.71. The predicted octanol–water partition coefficient (Wildman–Crippen LogP) is 1.62. The highest BCUT2D eigenvalue weighted by atomic mass is 32.2. The zero-order valence-corrected chi connectivity index (χ0v) is 13.2. The molecule has 1 rings (SSSR count). The average Bonchev–Trinajstić information content (AvgIpc) is 2.44. The van der Waals surface area contributed by atoms with Gasteiger partial charge in [-0.2, -0.15) is 0 Å². The molecule has 0 aromatic heterocycles. The molecule has 0 radical (unpaired) electrons. The molecule has 20 heavy (non-hydrogen) atoms. The van der Waals surface area contributed by atoms with Gasteiger partial charge in [0.05, 0.1) is 12.0 Å². The Morgan fingerprint density at radius 2 is 2.05 bits per heavy atom. The Hall–Kier alpha value is -1.11. The number of unbranched alkanes of at least 4 members (excludes halogenated alkanes) is 1. The molecule has 0 amide bonds. The predicted molar refractivity (Wildman–Crippen MR) is 80.5 cm³/mol. The highest BCUT2D eigenvalue weighted by Crippen LogP contribution is 2.24. The first-order chi connectivity index (χ1) is 9.47. The fourth-order valence-electron chi connectivity index (χ4n) is 1.95. The van der Waals surface area contributed by atoms with E-state index < -0.39 is 10.0 Å². The van der Waals surface area contributed by atoms with Gasteiger partial charge in [-0.1, -0.05) is 13.3 Å². The van der Waals surface area contributed by atoms with Crippen LogP contribution < -0.4 is 10.5 Å². The molecule has 1 aromatic carbocycles. The summed E-state index contributed by atoms with van der Waals surface area (Å²) in [5.41, 5.74) is 6.28. The lowest BCUT2D eigenvalue weighted by Crippen LogP contribution is -2.29. The van der Waals surface area contributed by atoms with Crippen molar-refractivity contribution >= 4 is 10.0 Å². The van der Waals surface area contributed by atoms with Crippen LogP contribution in [0.15, 0.2) is 23.1 Å². The molecule has 1 aromatic rings. The van der Waals surface area contributed by atoms with E-state index in [-0.39, 0.29) is 0 Å². The third-order valence-electron chi connectivity index (χ3n) is 3.20. The molecule has 0 fully saturated rings. The number of nitrogens with zero attached hydrogens (tertiary/aromatic N) is 1. The van der Waals surface area contributed by atoms with Gasteiger partial charge in [-0.3, -0.25) is 0 Å². The van der Waals surface area contributed by atoms with E-state index in [1.54, 1.807) is 32.4 Å². The molecule has 5 nitrogen and oxygen atoms in total. The maximum Gasteiger partial charge on any atom is 0.243 e. The van der Waals surface area contributed by atoms with Gasteiger partial charge in [-0.05, 0) is 43.1 Å². The van der Waals surface area contributed by atoms with Crippen molar-refractivity contribution in [3.8, 4) is 5.75 Å². The maximum atomic E-state index is 12.6. The molecule has 0 unspecified atom stereocenters. The fraction of sp³-hybridized carbons (Fsp3) is 0.571. The minimum absolute atomic E-state index is 0.322. The Kier molecular flexibility index (Phi) is 6.45. The lowest BCUT2D eigenvalue weighted by molar-refractivity contribution is 0.413. The quantitative estimate of drug-likeness (QED) is 0.792. The normalized spacial score (nSPS) is 11.8. The van der Waals surface area contributed by atoms with Gasteiger partial charge >= 0.3 is 0 Å². The van der Waals surface area contributed by atoms with Crippen molar-refractivity contribution < 1.29 is 13.2 Å². The molecule has 0 bridgehead atoms. The van der Waals surface area contributed by atoms with E-state index in [4.69, 9.17) is 10.5 Å². The second-order valence-electron chi connectivity index (χ2n) is 4.69. The lowest BCUT2D eigenvalue weighted by atomic mass is 10.1. The van der Waals surface area contributed by atoms with Crippen LogP contribution in [-0.2, 0) is 16.4 Å². The Bertz CT molecular complexity index is 529. The third kappa shape index (κ3) is 3.94. The van der Waals surface area contributed by atoms with Crippen LogP contribution >= 0.6 is 0 Å². The topological polar surface area (TPSA) is 72.6 Å². The SMILES string of the molecule is CCCCN(C)S(=O)(=O)c1ccc(OC)cc1CCN. The Morgan fingerprint density at radius 1 is 1.35 bits per heavy atom. The van der Waals surface area contributed by atoms with Crippen LogP contribution in [0.3, 0.4) is 0 Å². The highest BCUT2D eigenvalue weighted by molar-refractivity contribution is 7.89. The highest BCUT2D eigenvalue weighted by Gasteiger charge is 2.23. The molecule has 0 aliphatic carbocycles. The van der Waals surface area contributed by atoms with Crippen LogP contribution in [0.25, 0.3) is 0 Å². The van der Waals surface area contributed by atoms with Gasteiger partial charge in [0, 0.05) is 13.6 Å². The van der Waals surface area contributed by atoms with Crippen LogP contribution in [0.4, 0.5) is 0 Å². The van der Waals surface area contributed by atoms with E-state index >= 15 is 0 Å². The number of ether oxygens (including phenoxy) is 1. The number of benzene rings is 1. The Labute approximate surface area is 121 Å². The van der Waals surface area contributed by atoms with Crippen molar-refractivity contribution in [2.24, 2.45) is 5.73 Å². The summed E-state index contributed by atoms with van der Waals surface area (Å²) in [5.74, 6) is 0.642. The van der Waals surface area contributed by atoms with Crippen molar-refractivity contribution in [3.63, 3.8) is 0 Å². The summed E-state index contributed by atoms with van der Waals surface area (Å²) in [5, 5.41) is 0. The molecule has 114 valence electrons. The molecule has 0 aliphatic heterocycles. The molecule has 0 heterocycles. The van der Waals surface area contributed by atoms with Gasteiger partial charge in [0.15, 0.2) is 0 Å². The van der Waals surface area contributed by atoms with Crippen LogP contribution in [0.5, 0.6) is 5.75 Å². The first-order valence-corrected chi connectivity index (χ1v) is 8.24. The van der Waals surface area contributed by atoms with E-state index in [0.717, 1.165) is 12.8 Å². The van der Waals surface area contributed by atoms with E-state index in [0.29, 0.717) is 35.7 Å². The number of methoxy groups -OCH3 is 1. The first-order valence-electron chi connectivity index (χ1n) is 6.80. The van der Waals surface area contributed by atoms with Crippen LogP contribution in [0, 0.1) is 0 Å². The summed E-state index contributed by atoms with van der Waals surface area (Å²) in [6.45, 7) is 2.95. The van der Waals surface area contributed by atoms with Crippen molar-refractivity contribution in [1.29, 1.82) is 0 Å². The lowest BCUT2D eigenvalue weighted by Gasteiger charge is -2.19. The molecule has 0 atom stereocenters. The van der Waals surface area contributed by atoms with Crippen molar-refractivity contribution in [2.75, 3.05) is 27.2 Å². The smallest absolute Gasteiger partial charge is 0.243 e. The maximum absolute atomic E-state index is 12.6. The number of hydrogen-bond donors (Lipinski definition) is 1. The van der Waals surface area contributed by atoms with Gasteiger partial charge in [-0.15, -0.1) is 0 Å². The summed E-state index contributed by atoms with van der Waals surface area (Å²) >= 11 is 0. The van der Waals surface area contributed by atoms with Crippen LogP contribution in [-0.4, -0.2) is 40.0 Å². The molecule has 2 N–H and O–H groups in total. The summed E-state index contributed by atoms with van der Waals surface area (Å²) in [4.78, 5) is 0.322. The van der Waals surface area contributed by atoms with E-state index in [2.05, 4.69) is 0 Å². The molecular formula is C14H24N2O3S. The standard InChI is InChI=1S/C14H24N2O3S/c1-4-5-10-16(2)20(17,18)14-7-6-13(19-3)11-12(14)8-9-15/h6-7,11H,4-5,8-10,15H2,1-3H3. The third-order valence-corrected chi connectivity index (χ3v) is 5.15. The monoisotopic (exact) mass is 300 g/mol. The van der Waals surface area contributed by atoms with E-state index in [1.165, 1.54) is 4.31 Å². The van der Waals surface area contributed by atoms with Crippen molar-refractivity contribution in [2.45, 2.75) is 31.1 Å². The Morgan fingerprint density at radius 3 is 2.60 bits per heavy atom. The minimum atomic E-state index is -3.47. The summed E-state index contributed by atoms with van der Waals surface area (Å²) in [6, 6.07) is 5.01. The zero-order valence-electron chi connectivity index (χ0n) is 12.4. The molecule has 0 aliphatic rings. The minimum Gasteiger partial charge on any atom is -0.497 e. The van der Waals surface area contributed by atoms with Gasteiger partial charge in [0.25, 0.3) is 0 Å². The molecule has 0 spiro atoms. The summed E-state index contributed by atoms with van der Waals surface area (Å²) in [7, 11) is -0.296. The van der Waals surface area contributed by atoms with E-state index in [1.807, 2.05) is 6.92 Å². The summed E-state index contributed by atoms with van der Waals surface area (Å²) < 4.78 is 31.7.